The minimum Gasteiger partial charge on any atom is -0.503 e. The maximum Gasteiger partial charge on any atom is 0.331 e. The van der Waals surface area contributed by atoms with Crippen LogP contribution in [0.25, 0.3) is 0 Å². The standard InChI is InChI=1S/C25H32N2O7/c1-4-12-33-23-16(2)34-25(30)19(15-32-14-18(23)13-17-8-6-5-7-9-17)27-24(29)21-22(28)20(31-3)10-11-26-21/h5-11,16,18-19,23,28H,4,12-15H2,1-3H3,(H,27,29)/t16-,18-,19-,23-/m0/s1. The van der Waals surface area contributed by atoms with Gasteiger partial charge in [-0.25, -0.2) is 9.78 Å². The highest BCUT2D eigenvalue weighted by Crippen LogP contribution is 2.28. The number of carbonyl (C=O) groups excluding carboxylic acids is 2. The summed E-state index contributed by atoms with van der Waals surface area (Å²) >= 11 is 0. The highest BCUT2D eigenvalue weighted by molar-refractivity contribution is 5.98. The number of methoxy groups -OCH3 is 1. The molecule has 2 N–H and O–H groups in total. The van der Waals surface area contributed by atoms with Crippen molar-refractivity contribution in [2.75, 3.05) is 26.9 Å². The summed E-state index contributed by atoms with van der Waals surface area (Å²) in [5.74, 6) is -1.76. The van der Waals surface area contributed by atoms with E-state index < -0.39 is 29.8 Å². The van der Waals surface area contributed by atoms with Crippen LogP contribution in [0.2, 0.25) is 0 Å². The zero-order valence-electron chi connectivity index (χ0n) is 19.7. The molecule has 1 amide bonds. The molecule has 0 radical (unpaired) electrons. The highest BCUT2D eigenvalue weighted by Gasteiger charge is 2.36. The van der Waals surface area contributed by atoms with Crippen LogP contribution < -0.4 is 10.1 Å². The predicted octanol–water partition coefficient (Wildman–Crippen LogP) is 2.51. The number of aromatic hydroxyl groups is 1. The fourth-order valence-electron chi connectivity index (χ4n) is 3.93. The van der Waals surface area contributed by atoms with Crippen LogP contribution >= 0.6 is 0 Å². The summed E-state index contributed by atoms with van der Waals surface area (Å²) in [6.45, 7) is 4.56. The number of cyclic esters (lactones) is 1. The average molecular weight is 473 g/mol. The van der Waals surface area contributed by atoms with Crippen LogP contribution in [-0.4, -0.2) is 67.1 Å². The summed E-state index contributed by atoms with van der Waals surface area (Å²) < 4.78 is 22.7. The van der Waals surface area contributed by atoms with Gasteiger partial charge in [0.2, 0.25) is 0 Å². The van der Waals surface area contributed by atoms with Crippen LogP contribution in [0.3, 0.4) is 0 Å². The zero-order chi connectivity index (χ0) is 24.5. The maximum absolute atomic E-state index is 12.9. The molecule has 1 saturated heterocycles. The molecule has 0 aliphatic carbocycles. The molecule has 184 valence electrons. The first-order valence-corrected chi connectivity index (χ1v) is 11.4. The summed E-state index contributed by atoms with van der Waals surface area (Å²) in [4.78, 5) is 29.6. The first-order valence-electron chi connectivity index (χ1n) is 11.4. The number of benzene rings is 1. The first-order chi connectivity index (χ1) is 16.4. The van der Waals surface area contributed by atoms with Crippen molar-refractivity contribution in [3.8, 4) is 11.5 Å². The number of carbonyl (C=O) groups is 2. The van der Waals surface area contributed by atoms with Gasteiger partial charge in [0, 0.05) is 24.8 Å². The molecule has 9 nitrogen and oxygen atoms in total. The van der Waals surface area contributed by atoms with E-state index in [1.807, 2.05) is 37.3 Å². The lowest BCUT2D eigenvalue weighted by Gasteiger charge is -2.30. The Morgan fingerprint density at radius 3 is 2.71 bits per heavy atom. The van der Waals surface area contributed by atoms with Crippen molar-refractivity contribution in [3.05, 3.63) is 53.9 Å². The molecule has 34 heavy (non-hydrogen) atoms. The molecule has 4 atom stereocenters. The van der Waals surface area contributed by atoms with Gasteiger partial charge in [0.15, 0.2) is 23.2 Å². The molecule has 1 aromatic heterocycles. The van der Waals surface area contributed by atoms with Gasteiger partial charge < -0.3 is 29.4 Å². The minimum absolute atomic E-state index is 0.0599. The molecule has 1 fully saturated rings. The topological polar surface area (TPSA) is 116 Å². The number of hydrogen-bond acceptors (Lipinski definition) is 8. The monoisotopic (exact) mass is 472 g/mol. The number of hydrogen-bond donors (Lipinski definition) is 2. The van der Waals surface area contributed by atoms with Crippen LogP contribution in [0, 0.1) is 5.92 Å². The minimum atomic E-state index is -1.08. The van der Waals surface area contributed by atoms with Gasteiger partial charge >= 0.3 is 5.97 Å². The van der Waals surface area contributed by atoms with Gasteiger partial charge in [0.05, 0.1) is 26.4 Å². The lowest BCUT2D eigenvalue weighted by molar-refractivity contribution is -0.160. The molecule has 1 aliphatic rings. The summed E-state index contributed by atoms with van der Waals surface area (Å²) in [6, 6.07) is 10.3. The van der Waals surface area contributed by atoms with E-state index in [4.69, 9.17) is 18.9 Å². The van der Waals surface area contributed by atoms with Crippen molar-refractivity contribution >= 4 is 11.9 Å². The predicted molar refractivity (Wildman–Crippen MR) is 124 cm³/mol. The quantitative estimate of drug-likeness (QED) is 0.563. The third-order valence-electron chi connectivity index (χ3n) is 5.61. The van der Waals surface area contributed by atoms with E-state index in [1.165, 1.54) is 19.4 Å². The van der Waals surface area contributed by atoms with Gasteiger partial charge in [-0.1, -0.05) is 37.3 Å². The maximum atomic E-state index is 12.9. The van der Waals surface area contributed by atoms with Gasteiger partial charge in [-0.15, -0.1) is 0 Å². The number of pyridine rings is 1. The van der Waals surface area contributed by atoms with E-state index in [0.29, 0.717) is 19.6 Å². The molecule has 0 spiro atoms. The van der Waals surface area contributed by atoms with Crippen molar-refractivity contribution in [1.29, 1.82) is 0 Å². The molecule has 3 rings (SSSR count). The van der Waals surface area contributed by atoms with E-state index in [-0.39, 0.29) is 30.1 Å². The largest absolute Gasteiger partial charge is 0.503 e. The SMILES string of the molecule is CCCO[C@@H]1[C@@H](Cc2ccccc2)COC[C@H](NC(=O)c2nccc(OC)c2O)C(=O)O[C@H]1C. The van der Waals surface area contributed by atoms with Gasteiger partial charge in [-0.05, 0) is 25.3 Å². The molecule has 2 heterocycles. The third kappa shape index (κ3) is 6.45. The van der Waals surface area contributed by atoms with Crippen molar-refractivity contribution < 1.29 is 33.6 Å². The molecule has 0 unspecified atom stereocenters. The Hall–Kier alpha value is -3.17. The first kappa shape index (κ1) is 25.5. The number of nitrogens with zero attached hydrogens (tertiary/aromatic N) is 1. The summed E-state index contributed by atoms with van der Waals surface area (Å²) in [5.41, 5.74) is 0.870. The van der Waals surface area contributed by atoms with Crippen molar-refractivity contribution in [2.45, 2.75) is 44.9 Å². The molecule has 1 aromatic carbocycles. The average Bonchev–Trinajstić information content (AvgIpc) is 2.88. The second-order valence-electron chi connectivity index (χ2n) is 8.20. The number of amides is 1. The van der Waals surface area contributed by atoms with Gasteiger partial charge in [0.1, 0.15) is 6.10 Å². The van der Waals surface area contributed by atoms with E-state index in [9.17, 15) is 14.7 Å². The molecule has 9 heteroatoms. The molecular formula is C25H32N2O7. The fraction of sp³-hybridized carbons (Fsp3) is 0.480. The number of rotatable bonds is 8. The van der Waals surface area contributed by atoms with E-state index in [2.05, 4.69) is 10.3 Å². The van der Waals surface area contributed by atoms with Gasteiger partial charge in [-0.2, -0.15) is 0 Å². The second-order valence-corrected chi connectivity index (χ2v) is 8.20. The van der Waals surface area contributed by atoms with Crippen molar-refractivity contribution in [2.24, 2.45) is 5.92 Å². The smallest absolute Gasteiger partial charge is 0.331 e. The van der Waals surface area contributed by atoms with Crippen LogP contribution in [-0.2, 0) is 25.4 Å². The Kier molecular flexibility index (Phi) is 9.24. The Morgan fingerprint density at radius 2 is 2.00 bits per heavy atom. The Labute approximate surface area is 199 Å². The second kappa shape index (κ2) is 12.3. The summed E-state index contributed by atoms with van der Waals surface area (Å²) in [7, 11) is 1.37. The van der Waals surface area contributed by atoms with Crippen LogP contribution in [0.5, 0.6) is 11.5 Å². The normalized spacial score (nSPS) is 23.2. The number of nitrogens with one attached hydrogen (secondary N) is 1. The molecular weight excluding hydrogens is 440 g/mol. The zero-order valence-corrected chi connectivity index (χ0v) is 19.7. The Bertz CT molecular complexity index is 954. The van der Waals surface area contributed by atoms with E-state index in [0.717, 1.165) is 12.0 Å². The number of aromatic nitrogens is 1. The van der Waals surface area contributed by atoms with E-state index >= 15 is 0 Å². The van der Waals surface area contributed by atoms with Crippen LogP contribution in [0.4, 0.5) is 0 Å². The van der Waals surface area contributed by atoms with E-state index in [1.54, 1.807) is 6.92 Å². The molecule has 0 bridgehead atoms. The Balaban J connectivity index is 1.76. The summed E-state index contributed by atoms with van der Waals surface area (Å²) in [5, 5.41) is 12.8. The van der Waals surface area contributed by atoms with Gasteiger partial charge in [0.25, 0.3) is 5.91 Å². The van der Waals surface area contributed by atoms with Crippen LogP contribution in [0.1, 0.15) is 36.3 Å². The Morgan fingerprint density at radius 1 is 1.24 bits per heavy atom. The lowest BCUT2D eigenvalue weighted by atomic mass is 9.91. The lowest BCUT2D eigenvalue weighted by Crippen LogP contribution is -2.46. The third-order valence-corrected chi connectivity index (χ3v) is 5.61. The molecule has 1 aliphatic heterocycles. The summed E-state index contributed by atoms with van der Waals surface area (Å²) in [6.07, 6.45) is 1.92. The van der Waals surface area contributed by atoms with Crippen molar-refractivity contribution in [1.82, 2.24) is 10.3 Å². The van der Waals surface area contributed by atoms with Gasteiger partial charge in [-0.3, -0.25) is 4.79 Å². The molecule has 2 aromatic rings. The highest BCUT2D eigenvalue weighted by atomic mass is 16.6. The fourth-order valence-corrected chi connectivity index (χ4v) is 3.93. The van der Waals surface area contributed by atoms with Crippen LogP contribution in [0.15, 0.2) is 42.6 Å². The molecule has 0 saturated carbocycles. The van der Waals surface area contributed by atoms with Crippen molar-refractivity contribution in [3.63, 3.8) is 0 Å². The number of esters is 1. The number of ether oxygens (including phenoxy) is 4.